The molecular weight excluding hydrogens is 242 g/mol. The van der Waals surface area contributed by atoms with Crippen LogP contribution < -0.4 is 10.6 Å². The van der Waals surface area contributed by atoms with Crippen LogP contribution >= 0.6 is 0 Å². The maximum Gasteiger partial charge on any atom is 0.318 e. The first-order valence-corrected chi connectivity index (χ1v) is 6.77. The van der Waals surface area contributed by atoms with Crippen LogP contribution in [0.5, 0.6) is 5.75 Å². The molecule has 5 heteroatoms. The predicted molar refractivity (Wildman–Crippen MR) is 74.0 cm³/mol. The van der Waals surface area contributed by atoms with Crippen LogP contribution in [0.2, 0.25) is 0 Å². The number of urea groups is 1. The van der Waals surface area contributed by atoms with Gasteiger partial charge in [0, 0.05) is 19.6 Å². The third-order valence-electron chi connectivity index (χ3n) is 3.25. The summed E-state index contributed by atoms with van der Waals surface area (Å²) in [6.07, 6.45) is 2.97. The Morgan fingerprint density at radius 2 is 2.11 bits per heavy atom. The Hall–Kier alpha value is -1.75. The van der Waals surface area contributed by atoms with E-state index in [0.29, 0.717) is 19.0 Å². The molecule has 19 heavy (non-hydrogen) atoms. The van der Waals surface area contributed by atoms with Gasteiger partial charge >= 0.3 is 6.03 Å². The van der Waals surface area contributed by atoms with Crippen molar-refractivity contribution in [2.24, 2.45) is 0 Å². The van der Waals surface area contributed by atoms with Gasteiger partial charge in [0.1, 0.15) is 5.75 Å². The Morgan fingerprint density at radius 1 is 1.32 bits per heavy atom. The molecule has 5 nitrogen and oxygen atoms in total. The highest BCUT2D eigenvalue weighted by molar-refractivity contribution is 5.74. The van der Waals surface area contributed by atoms with Crippen molar-refractivity contribution < 1.29 is 9.90 Å². The molecule has 1 aliphatic heterocycles. The molecule has 3 N–H and O–H groups in total. The van der Waals surface area contributed by atoms with Gasteiger partial charge in [-0.15, -0.1) is 0 Å². The second kappa shape index (κ2) is 6.99. The topological polar surface area (TPSA) is 64.6 Å². The summed E-state index contributed by atoms with van der Waals surface area (Å²) in [5.74, 6) is 0.301. The lowest BCUT2D eigenvalue weighted by Gasteiger charge is -2.15. The monoisotopic (exact) mass is 263 g/mol. The third kappa shape index (κ3) is 4.44. The summed E-state index contributed by atoms with van der Waals surface area (Å²) >= 11 is 0. The van der Waals surface area contributed by atoms with E-state index in [4.69, 9.17) is 0 Å². The minimum absolute atomic E-state index is 0.0228. The molecule has 0 aliphatic carbocycles. The second-order valence-corrected chi connectivity index (χ2v) is 4.78. The van der Waals surface area contributed by atoms with Crippen molar-refractivity contribution in [1.29, 1.82) is 0 Å². The van der Waals surface area contributed by atoms with Crippen molar-refractivity contribution in [1.82, 2.24) is 15.5 Å². The molecule has 1 aromatic rings. The van der Waals surface area contributed by atoms with E-state index in [-0.39, 0.29) is 6.03 Å². The molecule has 0 atom stereocenters. The average molecular weight is 263 g/mol. The fourth-order valence-electron chi connectivity index (χ4n) is 2.10. The molecule has 0 bridgehead atoms. The number of hydrogen-bond donors (Lipinski definition) is 3. The summed E-state index contributed by atoms with van der Waals surface area (Å²) in [5.41, 5.74) is 1.22. The maximum atomic E-state index is 11.7. The van der Waals surface area contributed by atoms with Crippen molar-refractivity contribution in [3.05, 3.63) is 29.8 Å². The van der Waals surface area contributed by atoms with E-state index >= 15 is 0 Å². The van der Waals surface area contributed by atoms with Crippen molar-refractivity contribution in [3.8, 4) is 5.75 Å². The second-order valence-electron chi connectivity index (χ2n) is 4.78. The van der Waals surface area contributed by atoms with Crippen LogP contribution in [0.3, 0.4) is 0 Å². The Bertz CT molecular complexity index is 400. The number of benzene rings is 1. The number of carbonyl (C=O) groups excluding carboxylic acids is 1. The highest BCUT2D eigenvalue weighted by Crippen LogP contribution is 2.11. The van der Waals surface area contributed by atoms with E-state index in [2.05, 4.69) is 10.6 Å². The van der Waals surface area contributed by atoms with Gasteiger partial charge in [-0.25, -0.2) is 4.79 Å². The number of aromatic hydroxyl groups is 1. The molecule has 0 saturated carbocycles. The fraction of sp³-hybridized carbons (Fsp3) is 0.500. The van der Waals surface area contributed by atoms with Crippen LogP contribution in [-0.2, 0) is 6.42 Å². The van der Waals surface area contributed by atoms with Crippen molar-refractivity contribution in [2.45, 2.75) is 19.3 Å². The van der Waals surface area contributed by atoms with Gasteiger partial charge < -0.3 is 15.3 Å². The molecule has 0 radical (unpaired) electrons. The number of phenols is 1. The van der Waals surface area contributed by atoms with Gasteiger partial charge in [-0.2, -0.15) is 0 Å². The van der Waals surface area contributed by atoms with Gasteiger partial charge in [0.25, 0.3) is 0 Å². The molecule has 1 heterocycles. The van der Waals surface area contributed by atoms with Gasteiger partial charge in [0.15, 0.2) is 0 Å². The van der Waals surface area contributed by atoms with Gasteiger partial charge in [0.05, 0.1) is 6.67 Å². The number of amides is 2. The molecule has 1 aliphatic rings. The van der Waals surface area contributed by atoms with Gasteiger partial charge in [-0.1, -0.05) is 12.1 Å². The van der Waals surface area contributed by atoms with Crippen molar-refractivity contribution in [3.63, 3.8) is 0 Å². The first-order chi connectivity index (χ1) is 9.25. The average Bonchev–Trinajstić information content (AvgIpc) is 2.94. The zero-order valence-electron chi connectivity index (χ0n) is 11.1. The van der Waals surface area contributed by atoms with Crippen LogP contribution in [0.25, 0.3) is 0 Å². The molecule has 1 saturated heterocycles. The number of nitrogens with one attached hydrogen (secondary N) is 2. The SMILES string of the molecule is O=C(NCCCCc1ccc(O)cc1)N1CCNC1. The minimum atomic E-state index is 0.0228. The molecule has 0 unspecified atom stereocenters. The standard InChI is InChI=1S/C14H21N3O2/c18-13-6-4-12(5-7-13)3-1-2-8-16-14(19)17-10-9-15-11-17/h4-7,15,18H,1-3,8-11H2,(H,16,19). The van der Waals surface area contributed by atoms with E-state index in [1.54, 1.807) is 17.0 Å². The Labute approximate surface area is 113 Å². The van der Waals surface area contributed by atoms with Crippen LogP contribution in [-0.4, -0.2) is 42.3 Å². The Morgan fingerprint density at radius 3 is 2.79 bits per heavy atom. The lowest BCUT2D eigenvalue weighted by atomic mass is 10.1. The number of unbranched alkanes of at least 4 members (excludes halogenated alkanes) is 1. The van der Waals surface area contributed by atoms with Crippen molar-refractivity contribution >= 4 is 6.03 Å². The Kier molecular flexibility index (Phi) is 5.03. The summed E-state index contributed by atoms with van der Waals surface area (Å²) in [7, 11) is 0. The van der Waals surface area contributed by atoms with E-state index < -0.39 is 0 Å². The normalized spacial score (nSPS) is 14.6. The van der Waals surface area contributed by atoms with E-state index in [1.165, 1.54) is 5.56 Å². The summed E-state index contributed by atoms with van der Waals surface area (Å²) in [6.45, 7) is 3.04. The fourth-order valence-corrected chi connectivity index (χ4v) is 2.10. The maximum absolute atomic E-state index is 11.7. The van der Waals surface area contributed by atoms with Crippen LogP contribution in [0, 0.1) is 0 Å². The largest absolute Gasteiger partial charge is 0.508 e. The van der Waals surface area contributed by atoms with Crippen LogP contribution in [0.1, 0.15) is 18.4 Å². The van der Waals surface area contributed by atoms with Crippen LogP contribution in [0.15, 0.2) is 24.3 Å². The summed E-state index contributed by atoms with van der Waals surface area (Å²) in [4.78, 5) is 13.4. The van der Waals surface area contributed by atoms with Gasteiger partial charge in [0.2, 0.25) is 0 Å². The molecule has 0 spiro atoms. The molecular formula is C14H21N3O2. The highest BCUT2D eigenvalue weighted by Gasteiger charge is 2.15. The van der Waals surface area contributed by atoms with Crippen molar-refractivity contribution in [2.75, 3.05) is 26.3 Å². The highest BCUT2D eigenvalue weighted by atomic mass is 16.3. The number of nitrogens with zero attached hydrogens (tertiary/aromatic N) is 1. The smallest absolute Gasteiger partial charge is 0.318 e. The first-order valence-electron chi connectivity index (χ1n) is 6.77. The van der Waals surface area contributed by atoms with Gasteiger partial charge in [-0.3, -0.25) is 5.32 Å². The molecule has 1 fully saturated rings. The summed E-state index contributed by atoms with van der Waals surface area (Å²) in [5, 5.41) is 15.2. The van der Waals surface area contributed by atoms with Crippen LogP contribution in [0.4, 0.5) is 4.79 Å². The quantitative estimate of drug-likeness (QED) is 0.701. The molecule has 2 rings (SSSR count). The lowest BCUT2D eigenvalue weighted by molar-refractivity contribution is 0.208. The third-order valence-corrected chi connectivity index (χ3v) is 3.25. The summed E-state index contributed by atoms with van der Waals surface area (Å²) in [6, 6.07) is 7.30. The Balaban J connectivity index is 1.56. The molecule has 2 amide bonds. The number of rotatable bonds is 5. The molecule has 0 aromatic heterocycles. The number of aryl methyl sites for hydroxylation is 1. The zero-order chi connectivity index (χ0) is 13.5. The lowest BCUT2D eigenvalue weighted by Crippen LogP contribution is -2.39. The molecule has 104 valence electrons. The molecule has 1 aromatic carbocycles. The number of phenolic OH excluding ortho intramolecular Hbond substituents is 1. The predicted octanol–water partition coefficient (Wildman–Crippen LogP) is 1.29. The van der Waals surface area contributed by atoms with E-state index in [9.17, 15) is 9.90 Å². The van der Waals surface area contributed by atoms with E-state index in [0.717, 1.165) is 32.4 Å². The number of carbonyl (C=O) groups is 1. The minimum Gasteiger partial charge on any atom is -0.508 e. The van der Waals surface area contributed by atoms with E-state index in [1.807, 2.05) is 12.1 Å². The van der Waals surface area contributed by atoms with Gasteiger partial charge in [-0.05, 0) is 37.0 Å². The zero-order valence-corrected chi connectivity index (χ0v) is 11.1. The number of hydrogen-bond acceptors (Lipinski definition) is 3. The summed E-state index contributed by atoms with van der Waals surface area (Å²) < 4.78 is 0. The first kappa shape index (κ1) is 13.7.